The van der Waals surface area contributed by atoms with Crippen molar-refractivity contribution in [3.63, 3.8) is 0 Å². The quantitative estimate of drug-likeness (QED) is 0.853. The normalized spacial score (nSPS) is 15.4. The van der Waals surface area contributed by atoms with Crippen molar-refractivity contribution in [1.29, 1.82) is 0 Å². The molecule has 1 aliphatic heterocycles. The minimum absolute atomic E-state index is 0.158. The van der Waals surface area contributed by atoms with Crippen LogP contribution in [0.3, 0.4) is 0 Å². The summed E-state index contributed by atoms with van der Waals surface area (Å²) in [5.41, 5.74) is 2.80. The average Bonchev–Trinajstić information content (AvgIpc) is 2.64. The summed E-state index contributed by atoms with van der Waals surface area (Å²) in [5.74, 6) is -0.115. The summed E-state index contributed by atoms with van der Waals surface area (Å²) in [6.07, 6.45) is 2.47. The average molecular weight is 364 g/mol. The molecule has 5 nitrogen and oxygen atoms in total. The first kappa shape index (κ1) is 18.8. The number of carbonyl (C=O) groups is 2. The van der Waals surface area contributed by atoms with Crippen molar-refractivity contribution in [1.82, 2.24) is 5.32 Å². The van der Waals surface area contributed by atoms with Crippen molar-refractivity contribution in [3.8, 4) is 5.75 Å². The summed E-state index contributed by atoms with van der Waals surface area (Å²) in [5, 5.41) is 4.59. The van der Waals surface area contributed by atoms with E-state index < -0.39 is 0 Å². The molecule has 0 aromatic heterocycles. The highest BCUT2D eigenvalue weighted by Crippen LogP contribution is 2.18. The maximum atomic E-state index is 12.4. The lowest BCUT2D eigenvalue weighted by molar-refractivity contribution is -0.120. The fourth-order valence-electron chi connectivity index (χ4n) is 3.12. The van der Waals surface area contributed by atoms with E-state index in [0.29, 0.717) is 30.9 Å². The Bertz CT molecular complexity index is 995. The number of carbonyl (C=O) groups excluding carboxylic acids is 2. The molecule has 0 radical (unpaired) electrons. The van der Waals surface area contributed by atoms with Gasteiger partial charge in [0.05, 0.1) is 23.4 Å². The van der Waals surface area contributed by atoms with Crippen molar-refractivity contribution in [2.24, 2.45) is 10.9 Å². The van der Waals surface area contributed by atoms with Crippen LogP contribution in [0.25, 0.3) is 6.08 Å². The molecule has 0 spiro atoms. The largest absolute Gasteiger partial charge is 0.493 e. The van der Waals surface area contributed by atoms with Crippen LogP contribution in [0.15, 0.2) is 41.4 Å². The van der Waals surface area contributed by atoms with Crippen LogP contribution < -0.4 is 20.6 Å². The number of fused-ring (bicyclic) bond motifs is 1. The molecule has 2 aromatic carbocycles. The molecule has 1 unspecified atom stereocenters. The molecule has 0 saturated heterocycles. The predicted octanol–water partition coefficient (Wildman–Crippen LogP) is 2.08. The van der Waals surface area contributed by atoms with Gasteiger partial charge in [-0.2, -0.15) is 0 Å². The number of hydrogen-bond acceptors (Lipinski definition) is 3. The SMILES string of the molecule is CCOc1ccccc1C(=O)NCCC1C=c2cc(C)c(C)cc2=NC1=O. The van der Waals surface area contributed by atoms with Gasteiger partial charge in [-0.15, -0.1) is 0 Å². The molecule has 0 saturated carbocycles. The second-order valence-corrected chi connectivity index (χ2v) is 6.69. The summed E-state index contributed by atoms with van der Waals surface area (Å²) in [6, 6.07) is 11.1. The molecule has 140 valence electrons. The molecule has 0 fully saturated rings. The fourth-order valence-corrected chi connectivity index (χ4v) is 3.12. The molecule has 3 rings (SSSR count). The van der Waals surface area contributed by atoms with E-state index in [9.17, 15) is 9.59 Å². The Hall–Kier alpha value is -2.95. The van der Waals surface area contributed by atoms with Gasteiger partial charge in [0.15, 0.2) is 0 Å². The Morgan fingerprint density at radius 1 is 1.19 bits per heavy atom. The number of nitrogens with zero attached hydrogens (tertiary/aromatic N) is 1. The Labute approximate surface area is 158 Å². The first-order valence-corrected chi connectivity index (χ1v) is 9.21. The fraction of sp³-hybridized carbons (Fsp3) is 0.318. The number of rotatable bonds is 6. The Morgan fingerprint density at radius 2 is 1.93 bits per heavy atom. The molecule has 0 bridgehead atoms. The molecular weight excluding hydrogens is 340 g/mol. The Balaban J connectivity index is 1.67. The topological polar surface area (TPSA) is 67.8 Å². The van der Waals surface area contributed by atoms with E-state index in [1.165, 1.54) is 5.56 Å². The van der Waals surface area contributed by atoms with Crippen molar-refractivity contribution >= 4 is 17.9 Å². The highest BCUT2D eigenvalue weighted by molar-refractivity contribution is 5.97. The minimum Gasteiger partial charge on any atom is -0.493 e. The van der Waals surface area contributed by atoms with Crippen LogP contribution in [0.4, 0.5) is 0 Å². The van der Waals surface area contributed by atoms with Crippen LogP contribution in [0.1, 0.15) is 34.8 Å². The van der Waals surface area contributed by atoms with Gasteiger partial charge in [-0.25, -0.2) is 4.99 Å². The summed E-state index contributed by atoms with van der Waals surface area (Å²) >= 11 is 0. The maximum Gasteiger partial charge on any atom is 0.255 e. The summed E-state index contributed by atoms with van der Waals surface area (Å²) < 4.78 is 5.50. The van der Waals surface area contributed by atoms with E-state index in [1.807, 2.05) is 39.0 Å². The number of ether oxygens (including phenoxy) is 1. The van der Waals surface area contributed by atoms with Gasteiger partial charge in [0.2, 0.25) is 0 Å². The summed E-state index contributed by atoms with van der Waals surface area (Å²) in [6.45, 7) is 6.82. The molecule has 1 N–H and O–H groups in total. The number of aryl methyl sites for hydroxylation is 2. The second-order valence-electron chi connectivity index (χ2n) is 6.69. The van der Waals surface area contributed by atoms with Crippen molar-refractivity contribution in [3.05, 3.63) is 63.7 Å². The first-order chi connectivity index (χ1) is 13.0. The van der Waals surface area contributed by atoms with Gasteiger partial charge in [0.25, 0.3) is 11.8 Å². The van der Waals surface area contributed by atoms with Crippen LogP contribution in [0.5, 0.6) is 5.75 Å². The van der Waals surface area contributed by atoms with E-state index in [2.05, 4.69) is 16.4 Å². The Morgan fingerprint density at radius 3 is 2.70 bits per heavy atom. The van der Waals surface area contributed by atoms with Gasteiger partial charge >= 0.3 is 0 Å². The zero-order valence-electron chi connectivity index (χ0n) is 15.9. The molecule has 5 heteroatoms. The third-order valence-electron chi connectivity index (χ3n) is 4.74. The number of benzene rings is 2. The van der Waals surface area contributed by atoms with E-state index in [4.69, 9.17) is 4.74 Å². The van der Waals surface area contributed by atoms with Gasteiger partial charge in [-0.1, -0.05) is 18.2 Å². The van der Waals surface area contributed by atoms with Gasteiger partial charge < -0.3 is 10.1 Å². The maximum absolute atomic E-state index is 12.4. The third kappa shape index (κ3) is 4.25. The first-order valence-electron chi connectivity index (χ1n) is 9.21. The van der Waals surface area contributed by atoms with Crippen molar-refractivity contribution in [2.75, 3.05) is 13.2 Å². The highest BCUT2D eigenvalue weighted by Gasteiger charge is 2.19. The number of para-hydroxylation sites is 1. The molecule has 1 heterocycles. The van der Waals surface area contributed by atoms with Gasteiger partial charge in [-0.3, -0.25) is 9.59 Å². The number of nitrogens with one attached hydrogen (secondary N) is 1. The van der Waals surface area contributed by atoms with Gasteiger partial charge in [0, 0.05) is 6.54 Å². The molecule has 1 atom stereocenters. The van der Waals surface area contributed by atoms with Crippen LogP contribution in [0, 0.1) is 19.8 Å². The summed E-state index contributed by atoms with van der Waals surface area (Å²) in [7, 11) is 0. The van der Waals surface area contributed by atoms with Gasteiger partial charge in [0.1, 0.15) is 5.75 Å². The second kappa shape index (κ2) is 8.16. The molecule has 27 heavy (non-hydrogen) atoms. The van der Waals surface area contributed by atoms with Gasteiger partial charge in [-0.05, 0) is 67.8 Å². The standard InChI is InChI=1S/C22H24N2O3/c1-4-27-20-8-6-5-7-18(20)22(26)23-10-9-16-13-17-11-14(2)15(3)12-19(17)24-21(16)25/h5-8,11-13,16H,4,9-10H2,1-3H3,(H,23,26). The van der Waals surface area contributed by atoms with E-state index in [-0.39, 0.29) is 17.7 Å². The molecule has 2 aromatic rings. The molecular formula is C22H24N2O3. The van der Waals surface area contributed by atoms with Crippen molar-refractivity contribution in [2.45, 2.75) is 27.2 Å². The lowest BCUT2D eigenvalue weighted by Gasteiger charge is -2.14. The summed E-state index contributed by atoms with van der Waals surface area (Å²) in [4.78, 5) is 29.0. The lowest BCUT2D eigenvalue weighted by atomic mass is 9.98. The molecule has 0 aliphatic carbocycles. The Kier molecular flexibility index (Phi) is 5.69. The smallest absolute Gasteiger partial charge is 0.255 e. The third-order valence-corrected chi connectivity index (χ3v) is 4.74. The van der Waals surface area contributed by atoms with Crippen LogP contribution in [0.2, 0.25) is 0 Å². The van der Waals surface area contributed by atoms with Crippen molar-refractivity contribution < 1.29 is 14.3 Å². The number of amides is 2. The van der Waals surface area contributed by atoms with Crippen LogP contribution in [-0.2, 0) is 4.79 Å². The highest BCUT2D eigenvalue weighted by atomic mass is 16.5. The van der Waals surface area contributed by atoms with Crippen LogP contribution in [-0.4, -0.2) is 25.0 Å². The predicted molar refractivity (Wildman–Crippen MR) is 104 cm³/mol. The van der Waals surface area contributed by atoms with E-state index in [0.717, 1.165) is 16.1 Å². The lowest BCUT2D eigenvalue weighted by Crippen LogP contribution is -2.36. The zero-order chi connectivity index (χ0) is 19.4. The molecule has 1 aliphatic rings. The van der Waals surface area contributed by atoms with Crippen LogP contribution >= 0.6 is 0 Å². The number of hydrogen-bond donors (Lipinski definition) is 1. The monoisotopic (exact) mass is 364 g/mol. The zero-order valence-corrected chi connectivity index (χ0v) is 15.9. The van der Waals surface area contributed by atoms with E-state index >= 15 is 0 Å². The minimum atomic E-state index is -0.318. The molecule has 2 amide bonds. The van der Waals surface area contributed by atoms with E-state index in [1.54, 1.807) is 18.2 Å².